The lowest BCUT2D eigenvalue weighted by Gasteiger charge is -2.09. The van der Waals surface area contributed by atoms with Crippen molar-refractivity contribution in [3.8, 4) is 34.4 Å². The Balaban J connectivity index is 2.04. The maximum absolute atomic E-state index is 9.88. The van der Waals surface area contributed by atoms with Crippen LogP contribution < -0.4 is 9.47 Å². The Hall–Kier alpha value is -3.33. The molecule has 0 saturated carbocycles. The van der Waals surface area contributed by atoms with Crippen molar-refractivity contribution in [2.45, 2.75) is 0 Å². The van der Waals surface area contributed by atoms with E-state index in [2.05, 4.69) is 15.3 Å². The molecule has 2 aromatic carbocycles. The number of hydrogen-bond acceptors (Lipinski definition) is 7. The van der Waals surface area contributed by atoms with Crippen LogP contribution in [-0.4, -0.2) is 45.5 Å². The van der Waals surface area contributed by atoms with E-state index in [9.17, 15) is 10.2 Å². The first-order valence-electron chi connectivity index (χ1n) is 7.50. The maximum Gasteiger partial charge on any atom is 0.216 e. The third kappa shape index (κ3) is 3.24. The number of phenols is 2. The number of aromatic amines is 1. The first-order chi connectivity index (χ1) is 12.5. The molecule has 0 atom stereocenters. The van der Waals surface area contributed by atoms with Crippen LogP contribution >= 0.6 is 12.2 Å². The largest absolute Gasteiger partial charge is 0.504 e. The number of nitrogens with zero attached hydrogens (tertiary/aromatic N) is 3. The van der Waals surface area contributed by atoms with E-state index in [0.717, 1.165) is 0 Å². The van der Waals surface area contributed by atoms with E-state index in [0.29, 0.717) is 28.5 Å². The fourth-order valence-electron chi connectivity index (χ4n) is 2.33. The van der Waals surface area contributed by atoms with E-state index >= 15 is 0 Å². The molecule has 0 unspecified atom stereocenters. The summed E-state index contributed by atoms with van der Waals surface area (Å²) in [7, 11) is 3.10. The van der Waals surface area contributed by atoms with Crippen LogP contribution in [0.4, 0.5) is 0 Å². The standard InChI is InChI=1S/C17H16N4O4S/c1-24-13-7-6-10(8-14(13)25-2)16-19-20-17(26)21(16)18-9-11-4-3-5-12(22)15(11)23/h3-9,22-23H,1-2H3,(H,20,26)/b18-9+. The smallest absolute Gasteiger partial charge is 0.216 e. The zero-order chi connectivity index (χ0) is 18.7. The zero-order valence-electron chi connectivity index (χ0n) is 14.0. The van der Waals surface area contributed by atoms with Crippen LogP contribution in [0.1, 0.15) is 5.56 Å². The quantitative estimate of drug-likeness (QED) is 0.361. The summed E-state index contributed by atoms with van der Waals surface area (Å²) >= 11 is 5.22. The van der Waals surface area contributed by atoms with E-state index < -0.39 is 0 Å². The predicted octanol–water partition coefficient (Wildman–Crippen LogP) is 2.92. The van der Waals surface area contributed by atoms with Gasteiger partial charge in [0.25, 0.3) is 0 Å². The molecule has 3 aromatic rings. The maximum atomic E-state index is 9.88. The van der Waals surface area contributed by atoms with Gasteiger partial charge >= 0.3 is 0 Å². The van der Waals surface area contributed by atoms with Crippen LogP contribution in [0.3, 0.4) is 0 Å². The van der Waals surface area contributed by atoms with Gasteiger partial charge in [-0.2, -0.15) is 14.9 Å². The van der Waals surface area contributed by atoms with Crippen molar-refractivity contribution in [3.05, 3.63) is 46.7 Å². The highest BCUT2D eigenvalue weighted by atomic mass is 32.1. The van der Waals surface area contributed by atoms with Gasteiger partial charge in [0.15, 0.2) is 28.8 Å². The second-order valence-corrected chi connectivity index (χ2v) is 5.58. The van der Waals surface area contributed by atoms with Gasteiger partial charge in [-0.3, -0.25) is 0 Å². The van der Waals surface area contributed by atoms with Crippen molar-refractivity contribution < 1.29 is 19.7 Å². The molecule has 1 aromatic heterocycles. The molecule has 3 N–H and O–H groups in total. The van der Waals surface area contributed by atoms with Gasteiger partial charge in [0, 0.05) is 11.1 Å². The highest BCUT2D eigenvalue weighted by molar-refractivity contribution is 7.71. The van der Waals surface area contributed by atoms with Crippen LogP contribution in [-0.2, 0) is 0 Å². The van der Waals surface area contributed by atoms with Crippen LogP contribution in [0, 0.1) is 4.77 Å². The lowest BCUT2D eigenvalue weighted by Crippen LogP contribution is -1.97. The molecule has 0 spiro atoms. The van der Waals surface area contributed by atoms with Crippen molar-refractivity contribution in [1.29, 1.82) is 0 Å². The highest BCUT2D eigenvalue weighted by Gasteiger charge is 2.12. The van der Waals surface area contributed by atoms with Crippen LogP contribution in [0.25, 0.3) is 11.4 Å². The molecule has 3 rings (SSSR count). The Kier molecular flexibility index (Phi) is 4.90. The minimum atomic E-state index is -0.265. The first-order valence-corrected chi connectivity index (χ1v) is 7.91. The molecule has 0 saturated heterocycles. The van der Waals surface area contributed by atoms with Crippen molar-refractivity contribution in [3.63, 3.8) is 0 Å². The van der Waals surface area contributed by atoms with Gasteiger partial charge in [-0.15, -0.1) is 0 Å². The van der Waals surface area contributed by atoms with Crippen LogP contribution in [0.5, 0.6) is 23.0 Å². The van der Waals surface area contributed by atoms with Gasteiger partial charge in [0.05, 0.1) is 20.4 Å². The number of H-pyrrole nitrogens is 1. The lowest BCUT2D eigenvalue weighted by molar-refractivity contribution is 0.355. The van der Waals surface area contributed by atoms with Crippen molar-refractivity contribution >= 4 is 18.4 Å². The van der Waals surface area contributed by atoms with Crippen molar-refractivity contribution in [2.24, 2.45) is 5.10 Å². The van der Waals surface area contributed by atoms with Gasteiger partial charge in [0.1, 0.15) is 0 Å². The van der Waals surface area contributed by atoms with E-state index in [4.69, 9.17) is 21.7 Å². The van der Waals surface area contributed by atoms with Crippen LogP contribution in [0.15, 0.2) is 41.5 Å². The minimum absolute atomic E-state index is 0.232. The Morgan fingerprint density at radius 2 is 1.92 bits per heavy atom. The highest BCUT2D eigenvalue weighted by Crippen LogP contribution is 2.32. The molecule has 0 bridgehead atoms. The van der Waals surface area contributed by atoms with Gasteiger partial charge in [-0.1, -0.05) is 6.07 Å². The fourth-order valence-corrected chi connectivity index (χ4v) is 2.51. The molecule has 134 valence electrons. The third-order valence-corrected chi connectivity index (χ3v) is 3.91. The van der Waals surface area contributed by atoms with Gasteiger partial charge < -0.3 is 19.7 Å². The Morgan fingerprint density at radius 3 is 2.65 bits per heavy atom. The summed E-state index contributed by atoms with van der Waals surface area (Å²) in [6.45, 7) is 0. The molecule has 8 nitrogen and oxygen atoms in total. The van der Waals surface area contributed by atoms with E-state index in [1.54, 1.807) is 44.6 Å². The summed E-state index contributed by atoms with van der Waals surface area (Å²) in [6.07, 6.45) is 1.38. The lowest BCUT2D eigenvalue weighted by atomic mass is 10.2. The molecule has 26 heavy (non-hydrogen) atoms. The monoisotopic (exact) mass is 372 g/mol. The Labute approximate surface area is 154 Å². The number of ether oxygens (including phenoxy) is 2. The number of aromatic nitrogens is 3. The summed E-state index contributed by atoms with van der Waals surface area (Å²) < 4.78 is 12.2. The van der Waals surface area contributed by atoms with Crippen molar-refractivity contribution in [2.75, 3.05) is 14.2 Å². The molecule has 0 aliphatic rings. The average Bonchev–Trinajstić information content (AvgIpc) is 3.03. The molecule has 0 amide bonds. The molecule has 1 heterocycles. The number of aromatic hydroxyl groups is 2. The number of phenolic OH excluding ortho intramolecular Hbond substituents is 2. The SMILES string of the molecule is COc1ccc(-c2n[nH]c(=S)n2/N=C/c2cccc(O)c2O)cc1OC. The second-order valence-electron chi connectivity index (χ2n) is 5.19. The second kappa shape index (κ2) is 7.28. The summed E-state index contributed by atoms with van der Waals surface area (Å²) in [5.41, 5.74) is 1.04. The molecule has 0 fully saturated rings. The van der Waals surface area contributed by atoms with Gasteiger partial charge in [0.2, 0.25) is 4.77 Å². The number of para-hydroxylation sites is 1. The molecular weight excluding hydrogens is 356 g/mol. The van der Waals surface area contributed by atoms with E-state index in [-0.39, 0.29) is 16.3 Å². The number of hydrogen-bond donors (Lipinski definition) is 3. The van der Waals surface area contributed by atoms with Crippen molar-refractivity contribution in [1.82, 2.24) is 14.9 Å². The number of methoxy groups -OCH3 is 2. The number of rotatable bonds is 5. The van der Waals surface area contributed by atoms with Crippen LogP contribution in [0.2, 0.25) is 0 Å². The molecule has 0 radical (unpaired) electrons. The summed E-state index contributed by atoms with van der Waals surface area (Å²) in [5.74, 6) is 1.08. The fraction of sp³-hybridized carbons (Fsp3) is 0.118. The summed E-state index contributed by atoms with van der Waals surface area (Å²) in [4.78, 5) is 0. The first kappa shape index (κ1) is 17.5. The Morgan fingerprint density at radius 1 is 1.15 bits per heavy atom. The molecule has 9 heteroatoms. The molecule has 0 aliphatic carbocycles. The molecular formula is C17H16N4O4S. The van der Waals surface area contributed by atoms with Gasteiger partial charge in [-0.25, -0.2) is 5.10 Å². The topological polar surface area (TPSA) is 105 Å². The van der Waals surface area contributed by atoms with E-state index in [1.807, 2.05) is 0 Å². The number of benzene rings is 2. The zero-order valence-corrected chi connectivity index (χ0v) is 14.8. The summed E-state index contributed by atoms with van der Waals surface area (Å²) in [5, 5.41) is 30.6. The normalized spacial score (nSPS) is 11.0. The third-order valence-electron chi connectivity index (χ3n) is 3.65. The summed E-state index contributed by atoms with van der Waals surface area (Å²) in [6, 6.07) is 9.89. The molecule has 0 aliphatic heterocycles. The Bertz CT molecular complexity index is 1030. The predicted molar refractivity (Wildman–Crippen MR) is 98.7 cm³/mol. The average molecular weight is 372 g/mol. The van der Waals surface area contributed by atoms with Gasteiger partial charge in [-0.05, 0) is 42.5 Å². The number of nitrogens with one attached hydrogen (secondary N) is 1. The van der Waals surface area contributed by atoms with E-state index in [1.165, 1.54) is 17.0 Å². The minimum Gasteiger partial charge on any atom is -0.504 e.